The zero-order chi connectivity index (χ0) is 18.2. The predicted octanol–water partition coefficient (Wildman–Crippen LogP) is 2.64. The molecule has 0 aliphatic carbocycles. The van der Waals surface area contributed by atoms with Gasteiger partial charge in [0.2, 0.25) is 5.91 Å². The van der Waals surface area contributed by atoms with Gasteiger partial charge < -0.3 is 16.0 Å². The number of halogens is 2. The van der Waals surface area contributed by atoms with E-state index in [-0.39, 0.29) is 36.7 Å². The molecule has 0 aromatic heterocycles. The van der Waals surface area contributed by atoms with Crippen molar-refractivity contribution in [2.24, 2.45) is 0 Å². The molecule has 25 heavy (non-hydrogen) atoms. The van der Waals surface area contributed by atoms with Crippen LogP contribution in [0.15, 0.2) is 48.5 Å². The summed E-state index contributed by atoms with van der Waals surface area (Å²) in [6.07, 6.45) is 0. The number of nitrogens with one attached hydrogen (secondary N) is 3. The van der Waals surface area contributed by atoms with E-state index >= 15 is 0 Å². The van der Waals surface area contributed by atoms with E-state index in [1.807, 2.05) is 0 Å². The Morgan fingerprint density at radius 2 is 1.48 bits per heavy atom. The fraction of sp³-hybridized carbons (Fsp3) is 0.222. The summed E-state index contributed by atoms with van der Waals surface area (Å²) in [5, 5.41) is 7.71. The fourth-order valence-electron chi connectivity index (χ4n) is 2.13. The Bertz CT molecular complexity index is 718. The van der Waals surface area contributed by atoms with Crippen molar-refractivity contribution in [2.75, 3.05) is 6.54 Å². The highest BCUT2D eigenvalue weighted by atomic mass is 19.1. The van der Waals surface area contributed by atoms with Crippen LogP contribution in [0.4, 0.5) is 13.6 Å². The lowest BCUT2D eigenvalue weighted by atomic mass is 10.1. The third kappa shape index (κ3) is 6.21. The Kier molecular flexibility index (Phi) is 6.45. The van der Waals surface area contributed by atoms with Crippen LogP contribution >= 0.6 is 0 Å². The van der Waals surface area contributed by atoms with Crippen molar-refractivity contribution < 1.29 is 18.4 Å². The molecule has 0 aliphatic heterocycles. The lowest BCUT2D eigenvalue weighted by Crippen LogP contribution is -2.42. The molecule has 2 rings (SSSR count). The Labute approximate surface area is 144 Å². The molecule has 0 bridgehead atoms. The number of carbonyl (C=O) groups excluding carboxylic acids is 2. The lowest BCUT2D eigenvalue weighted by Gasteiger charge is -2.15. The second-order valence-electron chi connectivity index (χ2n) is 5.50. The average molecular weight is 347 g/mol. The van der Waals surface area contributed by atoms with Gasteiger partial charge in [-0.05, 0) is 42.3 Å². The number of carbonyl (C=O) groups is 2. The summed E-state index contributed by atoms with van der Waals surface area (Å²) in [4.78, 5) is 23.5. The number of benzene rings is 2. The van der Waals surface area contributed by atoms with Crippen LogP contribution in [0.2, 0.25) is 0 Å². The summed E-state index contributed by atoms with van der Waals surface area (Å²) in [5.41, 5.74) is 1.50. The molecule has 132 valence electrons. The van der Waals surface area contributed by atoms with Gasteiger partial charge in [-0.2, -0.15) is 0 Å². The minimum atomic E-state index is -0.506. The zero-order valence-corrected chi connectivity index (χ0v) is 13.7. The van der Waals surface area contributed by atoms with E-state index in [2.05, 4.69) is 16.0 Å². The Hall–Kier alpha value is -2.96. The van der Waals surface area contributed by atoms with E-state index in [0.717, 1.165) is 11.1 Å². The Morgan fingerprint density at radius 3 is 2.08 bits per heavy atom. The molecule has 0 heterocycles. The zero-order valence-electron chi connectivity index (χ0n) is 13.7. The smallest absolute Gasteiger partial charge is 0.315 e. The molecule has 2 aromatic rings. The maximum Gasteiger partial charge on any atom is 0.315 e. The normalized spacial score (nSPS) is 11.5. The average Bonchev–Trinajstić information content (AvgIpc) is 2.60. The number of hydrogen-bond donors (Lipinski definition) is 3. The lowest BCUT2D eigenvalue weighted by molar-refractivity contribution is -0.120. The highest BCUT2D eigenvalue weighted by Gasteiger charge is 2.10. The summed E-state index contributed by atoms with van der Waals surface area (Å²) in [7, 11) is 0. The Morgan fingerprint density at radius 1 is 0.920 bits per heavy atom. The number of rotatable bonds is 6. The van der Waals surface area contributed by atoms with Crippen molar-refractivity contribution in [3.8, 4) is 0 Å². The molecule has 3 amide bonds. The quantitative estimate of drug-likeness (QED) is 0.752. The van der Waals surface area contributed by atoms with E-state index in [0.29, 0.717) is 0 Å². The first-order chi connectivity index (χ1) is 11.9. The predicted molar refractivity (Wildman–Crippen MR) is 89.6 cm³/mol. The van der Waals surface area contributed by atoms with Crippen molar-refractivity contribution >= 4 is 11.9 Å². The van der Waals surface area contributed by atoms with Crippen LogP contribution < -0.4 is 16.0 Å². The first-order valence-corrected chi connectivity index (χ1v) is 7.75. The van der Waals surface area contributed by atoms with Crippen molar-refractivity contribution in [3.05, 3.63) is 71.3 Å². The van der Waals surface area contributed by atoms with Crippen molar-refractivity contribution in [3.63, 3.8) is 0 Å². The second-order valence-corrected chi connectivity index (χ2v) is 5.50. The molecular formula is C18H19F2N3O2. The third-order valence-electron chi connectivity index (χ3n) is 3.52. The topological polar surface area (TPSA) is 70.2 Å². The molecule has 2 aromatic carbocycles. The van der Waals surface area contributed by atoms with Gasteiger partial charge in [-0.3, -0.25) is 4.79 Å². The van der Waals surface area contributed by atoms with Crippen LogP contribution in [-0.4, -0.2) is 18.5 Å². The van der Waals surface area contributed by atoms with E-state index in [1.165, 1.54) is 24.3 Å². The van der Waals surface area contributed by atoms with Gasteiger partial charge in [-0.15, -0.1) is 0 Å². The van der Waals surface area contributed by atoms with Crippen molar-refractivity contribution in [2.45, 2.75) is 19.5 Å². The van der Waals surface area contributed by atoms with Gasteiger partial charge in [0.05, 0.1) is 12.6 Å². The van der Waals surface area contributed by atoms with E-state index < -0.39 is 6.03 Å². The number of amides is 3. The molecule has 0 radical (unpaired) electrons. The minimum absolute atomic E-state index is 0.194. The van der Waals surface area contributed by atoms with Gasteiger partial charge in [-0.1, -0.05) is 24.3 Å². The summed E-state index contributed by atoms with van der Waals surface area (Å²) in [6, 6.07) is 10.7. The number of urea groups is 1. The minimum Gasteiger partial charge on any atom is -0.348 e. The first kappa shape index (κ1) is 18.4. The second kappa shape index (κ2) is 8.77. The van der Waals surface area contributed by atoms with Crippen LogP contribution in [0.25, 0.3) is 0 Å². The molecule has 0 fully saturated rings. The van der Waals surface area contributed by atoms with Gasteiger partial charge in [0.25, 0.3) is 0 Å². The summed E-state index contributed by atoms with van der Waals surface area (Å²) < 4.78 is 25.7. The molecule has 0 spiro atoms. The van der Waals surface area contributed by atoms with Gasteiger partial charge >= 0.3 is 6.03 Å². The summed E-state index contributed by atoms with van der Waals surface area (Å²) in [6.45, 7) is 1.79. The molecule has 3 N–H and O–H groups in total. The van der Waals surface area contributed by atoms with E-state index in [4.69, 9.17) is 0 Å². The maximum atomic E-state index is 12.9. The van der Waals surface area contributed by atoms with Crippen molar-refractivity contribution in [1.29, 1.82) is 0 Å². The monoisotopic (exact) mass is 347 g/mol. The fourth-order valence-corrected chi connectivity index (χ4v) is 2.13. The first-order valence-electron chi connectivity index (χ1n) is 7.75. The van der Waals surface area contributed by atoms with Crippen LogP contribution in [0.1, 0.15) is 24.1 Å². The molecule has 1 atom stereocenters. The van der Waals surface area contributed by atoms with Gasteiger partial charge in [0.15, 0.2) is 0 Å². The third-order valence-corrected chi connectivity index (χ3v) is 3.52. The molecule has 5 nitrogen and oxygen atoms in total. The van der Waals surface area contributed by atoms with E-state index in [1.54, 1.807) is 31.2 Å². The number of hydrogen-bond acceptors (Lipinski definition) is 2. The van der Waals surface area contributed by atoms with Crippen LogP contribution in [0, 0.1) is 11.6 Å². The van der Waals surface area contributed by atoms with Crippen LogP contribution in [-0.2, 0) is 11.3 Å². The maximum absolute atomic E-state index is 12.9. The van der Waals surface area contributed by atoms with E-state index in [9.17, 15) is 18.4 Å². The van der Waals surface area contributed by atoms with Crippen LogP contribution in [0.5, 0.6) is 0 Å². The molecule has 0 unspecified atom stereocenters. The molecular weight excluding hydrogens is 328 g/mol. The highest BCUT2D eigenvalue weighted by Crippen LogP contribution is 2.12. The van der Waals surface area contributed by atoms with Crippen LogP contribution in [0.3, 0.4) is 0 Å². The van der Waals surface area contributed by atoms with Gasteiger partial charge in [-0.25, -0.2) is 13.6 Å². The largest absolute Gasteiger partial charge is 0.348 e. The van der Waals surface area contributed by atoms with Gasteiger partial charge in [0.1, 0.15) is 11.6 Å². The molecule has 0 aliphatic rings. The molecule has 7 heteroatoms. The summed E-state index contributed by atoms with van der Waals surface area (Å²) >= 11 is 0. The highest BCUT2D eigenvalue weighted by molar-refractivity contribution is 5.84. The molecule has 0 saturated heterocycles. The van der Waals surface area contributed by atoms with Crippen molar-refractivity contribution in [1.82, 2.24) is 16.0 Å². The summed E-state index contributed by atoms with van der Waals surface area (Å²) in [5.74, 6) is -1.06. The SMILES string of the molecule is C[C@@H](NC(=O)CNC(=O)NCc1ccc(F)cc1)c1ccc(F)cc1. The molecule has 0 saturated carbocycles. The Balaban J connectivity index is 1.70. The standard InChI is InChI=1S/C18H19F2N3O2/c1-12(14-4-8-16(20)9-5-14)23-17(24)11-22-18(25)21-10-13-2-6-15(19)7-3-13/h2-9,12H,10-11H2,1H3,(H,23,24)(H2,21,22,25)/t12-/m1/s1. The van der Waals surface area contributed by atoms with Gasteiger partial charge in [0, 0.05) is 6.54 Å².